The van der Waals surface area contributed by atoms with Crippen LogP contribution in [-0.2, 0) is 4.79 Å². The van der Waals surface area contributed by atoms with Crippen LogP contribution in [0.4, 0.5) is 10.1 Å². The molecule has 1 aromatic carbocycles. The van der Waals surface area contributed by atoms with E-state index >= 15 is 0 Å². The van der Waals surface area contributed by atoms with Gasteiger partial charge in [-0.2, -0.15) is 0 Å². The van der Waals surface area contributed by atoms with Crippen LogP contribution in [0.25, 0.3) is 11.6 Å². The Bertz CT molecular complexity index is 887. The monoisotopic (exact) mass is 435 g/mol. The van der Waals surface area contributed by atoms with Crippen molar-refractivity contribution in [1.29, 1.82) is 0 Å². The van der Waals surface area contributed by atoms with Gasteiger partial charge in [0.1, 0.15) is 0 Å². The summed E-state index contributed by atoms with van der Waals surface area (Å²) in [6.07, 6.45) is 1.76. The third kappa shape index (κ3) is 4.56. The molecule has 5 nitrogen and oxygen atoms in total. The number of rotatable bonds is 7. The van der Waals surface area contributed by atoms with Crippen LogP contribution in [0.1, 0.15) is 34.2 Å². The Morgan fingerprint density at radius 2 is 2.07 bits per heavy atom. The fourth-order valence-corrected chi connectivity index (χ4v) is 4.68. The second-order valence-corrected chi connectivity index (χ2v) is 8.20. The third-order valence-electron chi connectivity index (χ3n) is 4.54. The Kier molecular flexibility index (Phi) is 6.26. The Morgan fingerprint density at radius 3 is 2.81 bits per heavy atom. The second-order valence-electron chi connectivity index (χ2n) is 6.22. The van der Waals surface area contributed by atoms with Crippen LogP contribution in [0.3, 0.4) is 0 Å². The molecule has 7 heteroatoms. The number of fused-ring (bicyclic) bond motifs is 1. The third-order valence-corrected chi connectivity index (χ3v) is 6.39. The number of hydrogen-bond acceptors (Lipinski definition) is 3. The zero-order chi connectivity index (χ0) is 19.4. The molecule has 2 N–H and O–H groups in total. The number of nitrogens with one attached hydrogen (secondary N) is 2. The molecule has 0 bridgehead atoms. The van der Waals surface area contributed by atoms with E-state index in [-0.39, 0.29) is 32.1 Å². The Morgan fingerprint density at radius 1 is 1.30 bits per heavy atom. The van der Waals surface area contributed by atoms with Gasteiger partial charge in [-0.1, -0.05) is 0 Å². The number of hydrogen-bond donors (Lipinski definition) is 2. The van der Waals surface area contributed by atoms with Gasteiger partial charge in [0.05, 0.1) is 0 Å². The normalized spacial score (nSPS) is 14.5. The van der Waals surface area contributed by atoms with E-state index in [9.17, 15) is 14.0 Å². The Hall–Kier alpha value is -2.21. The average molecular weight is 434 g/mol. The van der Waals surface area contributed by atoms with Crippen molar-refractivity contribution < 1.29 is 14.0 Å². The first-order valence-electron chi connectivity index (χ1n) is 8.93. The summed E-state index contributed by atoms with van der Waals surface area (Å²) in [5.74, 6) is -0.724. The predicted octanol–water partition coefficient (Wildman–Crippen LogP) is 2.45. The van der Waals surface area contributed by atoms with E-state index in [1.165, 1.54) is 12.1 Å². The van der Waals surface area contributed by atoms with Crippen molar-refractivity contribution in [1.82, 2.24) is 10.2 Å². The molecule has 1 aliphatic heterocycles. The molecule has 1 aromatic heterocycles. The van der Waals surface area contributed by atoms with Crippen LogP contribution < -0.4 is 10.6 Å². The van der Waals surface area contributed by atoms with Gasteiger partial charge in [0.25, 0.3) is 0 Å². The second kappa shape index (κ2) is 8.65. The van der Waals surface area contributed by atoms with Gasteiger partial charge in [0.15, 0.2) is 0 Å². The molecule has 2 aromatic rings. The number of nitrogens with zero attached hydrogens (tertiary/aromatic N) is 1. The summed E-state index contributed by atoms with van der Waals surface area (Å²) in [6.45, 7) is 7.53. The van der Waals surface area contributed by atoms with E-state index in [4.69, 9.17) is 0 Å². The maximum atomic E-state index is 13.5. The number of amides is 2. The van der Waals surface area contributed by atoms with E-state index < -0.39 is 0 Å². The Balaban J connectivity index is 1.69. The average Bonchev–Trinajstić information content (AvgIpc) is 3.24. The summed E-state index contributed by atoms with van der Waals surface area (Å²) < 4.78 is 14.4. The van der Waals surface area contributed by atoms with Crippen LogP contribution in [0.15, 0.2) is 29.2 Å². The van der Waals surface area contributed by atoms with Crippen molar-refractivity contribution >= 4 is 43.7 Å². The van der Waals surface area contributed by atoms with Gasteiger partial charge in [0.2, 0.25) is 0 Å². The fraction of sp³-hybridized carbons (Fsp3) is 0.300. The molecule has 0 spiro atoms. The van der Waals surface area contributed by atoms with Crippen LogP contribution in [0.2, 0.25) is 0 Å². The molecular weight excluding hydrogens is 412 g/mol. The number of carbonyl (C=O) groups is 2. The molecular formula is C20H22FN3O2Se. The van der Waals surface area contributed by atoms with Gasteiger partial charge in [-0.25, -0.2) is 0 Å². The number of anilines is 1. The molecule has 0 radical (unpaired) electrons. The standard InChI is InChI=1S/C20H22FN3O2Se/c1-3-24(4-2)8-7-22-19(25)13-9-15(27-12-13)11-17-16-10-14(21)5-6-18(16)23-20(17)26/h5-6,9-12H,3-4,7-8H2,1-2H3,(H,22,25)(H,23,26)/b17-11-. The molecule has 3 rings (SSSR count). The van der Waals surface area contributed by atoms with Crippen LogP contribution in [0, 0.1) is 5.82 Å². The van der Waals surface area contributed by atoms with Crippen molar-refractivity contribution in [2.45, 2.75) is 13.8 Å². The van der Waals surface area contributed by atoms with Crippen molar-refractivity contribution in [3.05, 3.63) is 50.6 Å². The summed E-state index contributed by atoms with van der Waals surface area (Å²) in [7, 11) is 0. The molecule has 0 saturated carbocycles. The molecule has 0 atom stereocenters. The minimum absolute atomic E-state index is 0.0328. The quantitative estimate of drug-likeness (QED) is 0.520. The van der Waals surface area contributed by atoms with Crippen molar-refractivity contribution in [3.63, 3.8) is 0 Å². The first kappa shape index (κ1) is 19.5. The molecule has 1 aliphatic rings. The fourth-order valence-electron chi connectivity index (χ4n) is 2.96. The first-order valence-corrected chi connectivity index (χ1v) is 10.8. The molecule has 0 aliphatic carbocycles. The number of halogens is 1. The maximum absolute atomic E-state index is 13.5. The van der Waals surface area contributed by atoms with E-state index in [0.717, 1.165) is 24.1 Å². The molecule has 142 valence electrons. The SMILES string of the molecule is CCN(CC)CCNC(=O)c1c[se]c(/C=C2\C(=O)Nc3ccc(F)cc32)c1. The summed E-state index contributed by atoms with van der Waals surface area (Å²) in [4.78, 5) is 28.6. The van der Waals surface area contributed by atoms with Gasteiger partial charge in [0, 0.05) is 0 Å². The molecule has 0 unspecified atom stereocenters. The van der Waals surface area contributed by atoms with Crippen LogP contribution in [-0.4, -0.2) is 57.4 Å². The summed E-state index contributed by atoms with van der Waals surface area (Å²) in [5, 5.41) is 5.67. The van der Waals surface area contributed by atoms with Gasteiger partial charge in [-0.3, -0.25) is 0 Å². The molecule has 27 heavy (non-hydrogen) atoms. The van der Waals surface area contributed by atoms with E-state index in [2.05, 4.69) is 29.4 Å². The van der Waals surface area contributed by atoms with Crippen molar-refractivity contribution in [2.24, 2.45) is 0 Å². The van der Waals surface area contributed by atoms with Crippen molar-refractivity contribution in [3.8, 4) is 0 Å². The first-order chi connectivity index (χ1) is 13.0. The number of carbonyl (C=O) groups excluding carboxylic acids is 2. The van der Waals surface area contributed by atoms with Gasteiger partial charge in [-0.15, -0.1) is 0 Å². The summed E-state index contributed by atoms with van der Waals surface area (Å²) >= 11 is -0.0328. The van der Waals surface area contributed by atoms with Crippen LogP contribution in [0.5, 0.6) is 0 Å². The number of likely N-dealkylation sites (N-methyl/N-ethyl adjacent to an activating group) is 1. The van der Waals surface area contributed by atoms with Crippen LogP contribution >= 0.6 is 0 Å². The number of benzene rings is 1. The van der Waals surface area contributed by atoms with Crippen molar-refractivity contribution in [2.75, 3.05) is 31.5 Å². The zero-order valence-electron chi connectivity index (χ0n) is 15.3. The van der Waals surface area contributed by atoms with E-state index in [1.807, 2.05) is 11.0 Å². The minimum atomic E-state index is -0.381. The summed E-state index contributed by atoms with van der Waals surface area (Å²) in [6, 6.07) is 6.05. The predicted molar refractivity (Wildman–Crippen MR) is 106 cm³/mol. The van der Waals surface area contributed by atoms with E-state index in [0.29, 0.717) is 28.9 Å². The van der Waals surface area contributed by atoms with Gasteiger partial charge >= 0.3 is 164 Å². The molecule has 0 saturated heterocycles. The summed E-state index contributed by atoms with van der Waals surface area (Å²) in [5.41, 5.74) is 2.24. The topological polar surface area (TPSA) is 61.4 Å². The van der Waals surface area contributed by atoms with E-state index in [1.54, 1.807) is 12.1 Å². The molecule has 2 amide bonds. The zero-order valence-corrected chi connectivity index (χ0v) is 17.1. The van der Waals surface area contributed by atoms with Gasteiger partial charge < -0.3 is 0 Å². The Labute approximate surface area is 164 Å². The molecule has 2 heterocycles. The molecule has 0 fully saturated rings. The van der Waals surface area contributed by atoms with Gasteiger partial charge in [-0.05, 0) is 0 Å².